The Labute approximate surface area is 131 Å². The Kier molecular flexibility index (Phi) is 9.23. The van der Waals surface area contributed by atoms with E-state index in [1.165, 1.54) is 0 Å². The highest BCUT2D eigenvalue weighted by molar-refractivity contribution is 6.42. The predicted octanol–water partition coefficient (Wildman–Crippen LogP) is 4.09. The Morgan fingerprint density at radius 1 is 1.20 bits per heavy atom. The minimum atomic E-state index is 0.156. The first-order valence-electron chi connectivity index (χ1n) is 6.94. The number of halogens is 2. The maximum Gasteiger partial charge on any atom is 0.0700 e. The van der Waals surface area contributed by atoms with Crippen LogP contribution < -0.4 is 5.32 Å². The molecule has 1 unspecified atom stereocenters. The van der Waals surface area contributed by atoms with E-state index in [-0.39, 0.29) is 6.04 Å². The van der Waals surface area contributed by atoms with E-state index >= 15 is 0 Å². The molecule has 0 saturated heterocycles. The average molecular weight is 320 g/mol. The van der Waals surface area contributed by atoms with Gasteiger partial charge in [-0.05, 0) is 31.0 Å². The van der Waals surface area contributed by atoms with Crippen molar-refractivity contribution >= 4 is 23.2 Å². The van der Waals surface area contributed by atoms with Gasteiger partial charge < -0.3 is 14.8 Å². The first kappa shape index (κ1) is 17.7. The van der Waals surface area contributed by atoms with Gasteiger partial charge in [-0.3, -0.25) is 0 Å². The topological polar surface area (TPSA) is 30.5 Å². The monoisotopic (exact) mass is 319 g/mol. The Morgan fingerprint density at radius 2 is 2.00 bits per heavy atom. The molecule has 0 heterocycles. The summed E-state index contributed by atoms with van der Waals surface area (Å²) in [6.07, 6.45) is 1.92. The summed E-state index contributed by atoms with van der Waals surface area (Å²) >= 11 is 12.4. The van der Waals surface area contributed by atoms with Crippen LogP contribution in [0.3, 0.4) is 0 Å². The summed E-state index contributed by atoms with van der Waals surface area (Å²) in [5.41, 5.74) is 1.03. The van der Waals surface area contributed by atoms with E-state index in [1.54, 1.807) is 13.2 Å². The van der Waals surface area contributed by atoms with Crippen molar-refractivity contribution in [1.29, 1.82) is 0 Å². The molecule has 0 saturated carbocycles. The van der Waals surface area contributed by atoms with E-state index in [0.29, 0.717) is 29.9 Å². The van der Waals surface area contributed by atoms with Gasteiger partial charge in [-0.2, -0.15) is 0 Å². The molecule has 0 aliphatic heterocycles. The number of hydrogen-bond acceptors (Lipinski definition) is 3. The second-order valence-corrected chi connectivity index (χ2v) is 5.33. The molecular formula is C15H23Cl2NO2. The SMILES string of the molecule is CCCNC(CCOCCOC)c1cccc(Cl)c1Cl. The van der Waals surface area contributed by atoms with Gasteiger partial charge in [0, 0.05) is 19.8 Å². The molecule has 0 spiro atoms. The normalized spacial score (nSPS) is 12.6. The lowest BCUT2D eigenvalue weighted by Gasteiger charge is -2.20. The zero-order valence-electron chi connectivity index (χ0n) is 12.1. The van der Waals surface area contributed by atoms with Crippen molar-refractivity contribution in [1.82, 2.24) is 5.32 Å². The fourth-order valence-corrected chi connectivity index (χ4v) is 2.36. The molecule has 0 bridgehead atoms. The molecule has 1 atom stereocenters. The summed E-state index contributed by atoms with van der Waals surface area (Å²) in [5.74, 6) is 0. The molecule has 20 heavy (non-hydrogen) atoms. The van der Waals surface area contributed by atoms with E-state index < -0.39 is 0 Å². The lowest BCUT2D eigenvalue weighted by molar-refractivity contribution is 0.0658. The van der Waals surface area contributed by atoms with Crippen molar-refractivity contribution in [3.05, 3.63) is 33.8 Å². The third-order valence-corrected chi connectivity index (χ3v) is 3.81. The summed E-state index contributed by atoms with van der Waals surface area (Å²) in [6.45, 7) is 4.96. The van der Waals surface area contributed by atoms with Crippen LogP contribution in [0.2, 0.25) is 10.0 Å². The predicted molar refractivity (Wildman–Crippen MR) is 84.8 cm³/mol. The van der Waals surface area contributed by atoms with Crippen LogP contribution in [0.1, 0.15) is 31.4 Å². The lowest BCUT2D eigenvalue weighted by Crippen LogP contribution is -2.24. The molecule has 1 rings (SSSR count). The molecule has 114 valence electrons. The quantitative estimate of drug-likeness (QED) is 0.659. The van der Waals surface area contributed by atoms with Gasteiger partial charge in [0.05, 0.1) is 23.3 Å². The van der Waals surface area contributed by atoms with Gasteiger partial charge in [-0.25, -0.2) is 0 Å². The van der Waals surface area contributed by atoms with Gasteiger partial charge in [0.15, 0.2) is 0 Å². The van der Waals surface area contributed by atoms with Crippen molar-refractivity contribution in [3.63, 3.8) is 0 Å². The van der Waals surface area contributed by atoms with Crippen molar-refractivity contribution in [2.75, 3.05) is 33.5 Å². The van der Waals surface area contributed by atoms with Crippen LogP contribution in [0.25, 0.3) is 0 Å². The highest BCUT2D eigenvalue weighted by atomic mass is 35.5. The molecule has 3 nitrogen and oxygen atoms in total. The van der Waals surface area contributed by atoms with Gasteiger partial charge in [0.25, 0.3) is 0 Å². The van der Waals surface area contributed by atoms with Gasteiger partial charge in [-0.1, -0.05) is 42.3 Å². The van der Waals surface area contributed by atoms with Gasteiger partial charge in [0.1, 0.15) is 0 Å². The molecule has 0 aliphatic rings. The van der Waals surface area contributed by atoms with Crippen molar-refractivity contribution < 1.29 is 9.47 Å². The van der Waals surface area contributed by atoms with E-state index in [0.717, 1.165) is 24.9 Å². The Hall–Kier alpha value is -0.320. The number of nitrogens with one attached hydrogen (secondary N) is 1. The molecule has 0 fully saturated rings. The minimum absolute atomic E-state index is 0.156. The zero-order valence-corrected chi connectivity index (χ0v) is 13.6. The van der Waals surface area contributed by atoms with Crippen LogP contribution in [0.15, 0.2) is 18.2 Å². The molecule has 1 N–H and O–H groups in total. The lowest BCUT2D eigenvalue weighted by atomic mass is 10.0. The molecule has 1 aromatic carbocycles. The summed E-state index contributed by atoms with van der Waals surface area (Å²) in [6, 6.07) is 5.90. The summed E-state index contributed by atoms with van der Waals surface area (Å²) in [4.78, 5) is 0. The largest absolute Gasteiger partial charge is 0.382 e. The molecule has 0 aromatic heterocycles. The molecule has 1 aromatic rings. The first-order chi connectivity index (χ1) is 9.70. The van der Waals surface area contributed by atoms with Crippen LogP contribution in [-0.4, -0.2) is 33.5 Å². The Morgan fingerprint density at radius 3 is 2.70 bits per heavy atom. The number of methoxy groups -OCH3 is 1. The first-order valence-corrected chi connectivity index (χ1v) is 7.70. The van der Waals surface area contributed by atoms with Crippen LogP contribution in [0.5, 0.6) is 0 Å². The molecular weight excluding hydrogens is 297 g/mol. The molecule has 5 heteroatoms. The third kappa shape index (κ3) is 5.98. The smallest absolute Gasteiger partial charge is 0.0700 e. The third-order valence-electron chi connectivity index (χ3n) is 2.98. The van der Waals surface area contributed by atoms with Crippen LogP contribution in [0, 0.1) is 0 Å². The van der Waals surface area contributed by atoms with Crippen molar-refractivity contribution in [3.8, 4) is 0 Å². The number of benzene rings is 1. The Bertz CT molecular complexity index is 388. The fraction of sp³-hybridized carbons (Fsp3) is 0.600. The highest BCUT2D eigenvalue weighted by Crippen LogP contribution is 2.31. The highest BCUT2D eigenvalue weighted by Gasteiger charge is 2.15. The van der Waals surface area contributed by atoms with Gasteiger partial charge in [-0.15, -0.1) is 0 Å². The maximum absolute atomic E-state index is 6.30. The average Bonchev–Trinajstić information content (AvgIpc) is 2.45. The fourth-order valence-electron chi connectivity index (χ4n) is 1.92. The number of hydrogen-bond donors (Lipinski definition) is 1. The number of ether oxygens (including phenoxy) is 2. The summed E-state index contributed by atoms with van der Waals surface area (Å²) < 4.78 is 10.5. The van der Waals surface area contributed by atoms with Gasteiger partial charge >= 0.3 is 0 Å². The zero-order chi connectivity index (χ0) is 14.8. The van der Waals surface area contributed by atoms with Crippen LogP contribution in [-0.2, 0) is 9.47 Å². The van der Waals surface area contributed by atoms with E-state index in [4.69, 9.17) is 32.7 Å². The summed E-state index contributed by atoms with van der Waals surface area (Å²) in [7, 11) is 1.67. The second kappa shape index (κ2) is 10.4. The van der Waals surface area contributed by atoms with E-state index in [1.807, 2.05) is 12.1 Å². The van der Waals surface area contributed by atoms with Crippen LogP contribution >= 0.6 is 23.2 Å². The number of rotatable bonds is 10. The Balaban J connectivity index is 2.61. The van der Waals surface area contributed by atoms with Gasteiger partial charge in [0.2, 0.25) is 0 Å². The summed E-state index contributed by atoms with van der Waals surface area (Å²) in [5, 5.41) is 4.71. The molecule has 0 aliphatic carbocycles. The van der Waals surface area contributed by atoms with Crippen molar-refractivity contribution in [2.24, 2.45) is 0 Å². The second-order valence-electron chi connectivity index (χ2n) is 4.54. The van der Waals surface area contributed by atoms with E-state index in [2.05, 4.69) is 12.2 Å². The minimum Gasteiger partial charge on any atom is -0.382 e. The molecule has 0 amide bonds. The maximum atomic E-state index is 6.30. The van der Waals surface area contributed by atoms with Crippen molar-refractivity contribution in [2.45, 2.75) is 25.8 Å². The molecule has 0 radical (unpaired) electrons. The van der Waals surface area contributed by atoms with Crippen LogP contribution in [0.4, 0.5) is 0 Å². The van der Waals surface area contributed by atoms with E-state index in [9.17, 15) is 0 Å². The standard InChI is InChI=1S/C15H23Cl2NO2/c1-3-8-18-14(7-9-20-11-10-19-2)12-5-4-6-13(16)15(12)17/h4-6,14,18H,3,7-11H2,1-2H3.